The van der Waals surface area contributed by atoms with E-state index in [4.69, 9.17) is 9.47 Å². The largest absolute Gasteiger partial charge is 0.497 e. The summed E-state index contributed by atoms with van der Waals surface area (Å²) in [5, 5.41) is 0. The number of benzene rings is 2. The van der Waals surface area contributed by atoms with Crippen LogP contribution in [0.3, 0.4) is 0 Å². The van der Waals surface area contributed by atoms with Crippen LogP contribution in [0.15, 0.2) is 54.6 Å². The van der Waals surface area contributed by atoms with E-state index in [0.29, 0.717) is 30.9 Å². The van der Waals surface area contributed by atoms with E-state index in [1.54, 1.807) is 7.11 Å². The number of Topliss-reactive ketones (excluding diaryl/α,β-unsaturated/α-hetero) is 1. The zero-order valence-electron chi connectivity index (χ0n) is 16.5. The highest BCUT2D eigenvalue weighted by Gasteiger charge is 2.42. The normalized spacial score (nSPS) is 24.1. The first-order chi connectivity index (χ1) is 13.7. The molecule has 0 aliphatic carbocycles. The molecule has 2 aromatic carbocycles. The van der Waals surface area contributed by atoms with Crippen LogP contribution in [0.1, 0.15) is 37.7 Å². The number of nitrogens with zero attached hydrogens (tertiary/aromatic N) is 1. The number of carbonyl (C=O) groups is 1. The van der Waals surface area contributed by atoms with E-state index in [2.05, 4.69) is 35.2 Å². The van der Waals surface area contributed by atoms with Crippen molar-refractivity contribution in [2.45, 2.75) is 50.7 Å². The standard InChI is InChI=1S/C24H29NO3/c1-27-22-8-5-9-23(16-22)28-13-12-24(26)19-14-20-10-11-21(15-19)25(20)17-18-6-3-2-4-7-18/h2-9,16,19-21H,10-15,17H2,1H3. The first-order valence-electron chi connectivity index (χ1n) is 10.3. The Bertz CT molecular complexity index is 777. The van der Waals surface area contributed by atoms with E-state index in [1.165, 1.54) is 18.4 Å². The molecule has 28 heavy (non-hydrogen) atoms. The third kappa shape index (κ3) is 4.39. The van der Waals surface area contributed by atoms with Gasteiger partial charge in [-0.2, -0.15) is 0 Å². The summed E-state index contributed by atoms with van der Waals surface area (Å²) in [6.07, 6.45) is 4.94. The van der Waals surface area contributed by atoms with Crippen LogP contribution in [0.4, 0.5) is 0 Å². The molecule has 2 aromatic rings. The average Bonchev–Trinajstić information content (AvgIpc) is 2.96. The third-order valence-corrected chi connectivity index (χ3v) is 6.21. The molecule has 0 N–H and O–H groups in total. The zero-order valence-corrected chi connectivity index (χ0v) is 16.5. The van der Waals surface area contributed by atoms with Crippen molar-refractivity contribution in [3.8, 4) is 11.5 Å². The van der Waals surface area contributed by atoms with Crippen LogP contribution in [0.25, 0.3) is 0 Å². The third-order valence-electron chi connectivity index (χ3n) is 6.21. The number of fused-ring (bicyclic) bond motifs is 2. The monoisotopic (exact) mass is 379 g/mol. The lowest BCUT2D eigenvalue weighted by molar-refractivity contribution is -0.125. The number of hydrogen-bond acceptors (Lipinski definition) is 4. The second kappa shape index (κ2) is 8.78. The Hall–Kier alpha value is -2.33. The Morgan fingerprint density at radius 3 is 2.43 bits per heavy atom. The fourth-order valence-corrected chi connectivity index (χ4v) is 4.75. The van der Waals surface area contributed by atoms with Crippen molar-refractivity contribution >= 4 is 5.78 Å². The van der Waals surface area contributed by atoms with Crippen molar-refractivity contribution in [3.63, 3.8) is 0 Å². The zero-order chi connectivity index (χ0) is 19.3. The van der Waals surface area contributed by atoms with Gasteiger partial charge in [0, 0.05) is 37.0 Å². The number of ketones is 1. The van der Waals surface area contributed by atoms with Crippen molar-refractivity contribution in [1.82, 2.24) is 4.90 Å². The molecule has 2 atom stereocenters. The quantitative estimate of drug-likeness (QED) is 0.678. The van der Waals surface area contributed by atoms with Crippen molar-refractivity contribution in [3.05, 3.63) is 60.2 Å². The first kappa shape index (κ1) is 19.0. The highest BCUT2D eigenvalue weighted by atomic mass is 16.5. The van der Waals surface area contributed by atoms with Gasteiger partial charge in [-0.15, -0.1) is 0 Å². The minimum absolute atomic E-state index is 0.193. The van der Waals surface area contributed by atoms with Crippen LogP contribution >= 0.6 is 0 Å². The van der Waals surface area contributed by atoms with E-state index in [-0.39, 0.29) is 5.92 Å². The van der Waals surface area contributed by atoms with Crippen LogP contribution in [0, 0.1) is 5.92 Å². The lowest BCUT2D eigenvalue weighted by atomic mass is 9.86. The van der Waals surface area contributed by atoms with Gasteiger partial charge in [0.05, 0.1) is 13.7 Å². The molecule has 4 heteroatoms. The van der Waals surface area contributed by atoms with Crippen LogP contribution in [-0.2, 0) is 11.3 Å². The van der Waals surface area contributed by atoms with E-state index in [9.17, 15) is 4.79 Å². The Balaban J connectivity index is 1.27. The van der Waals surface area contributed by atoms with Crippen LogP contribution in [0.5, 0.6) is 11.5 Å². The Labute approximate surface area is 167 Å². The molecule has 4 rings (SSSR count). The minimum Gasteiger partial charge on any atom is -0.497 e. The van der Waals surface area contributed by atoms with Gasteiger partial charge in [-0.3, -0.25) is 9.69 Å². The molecule has 148 valence electrons. The van der Waals surface area contributed by atoms with Gasteiger partial charge in [0.15, 0.2) is 0 Å². The molecule has 2 unspecified atom stereocenters. The molecule has 2 bridgehead atoms. The summed E-state index contributed by atoms with van der Waals surface area (Å²) in [6.45, 7) is 1.45. The highest BCUT2D eigenvalue weighted by Crippen LogP contribution is 2.40. The molecule has 2 saturated heterocycles. The SMILES string of the molecule is COc1cccc(OCCC(=O)C2CC3CCC(C2)N3Cc2ccccc2)c1. The minimum atomic E-state index is 0.193. The van der Waals surface area contributed by atoms with Crippen molar-refractivity contribution in [1.29, 1.82) is 0 Å². The maximum absolute atomic E-state index is 12.8. The molecule has 2 heterocycles. The summed E-state index contributed by atoms with van der Waals surface area (Å²) < 4.78 is 11.0. The van der Waals surface area contributed by atoms with E-state index >= 15 is 0 Å². The topological polar surface area (TPSA) is 38.8 Å². The molecular weight excluding hydrogens is 350 g/mol. The Morgan fingerprint density at radius 2 is 1.71 bits per heavy atom. The smallest absolute Gasteiger partial charge is 0.139 e. The van der Waals surface area contributed by atoms with E-state index in [1.807, 2.05) is 24.3 Å². The maximum atomic E-state index is 12.8. The van der Waals surface area contributed by atoms with Gasteiger partial charge in [-0.25, -0.2) is 0 Å². The second-order valence-electron chi connectivity index (χ2n) is 7.96. The van der Waals surface area contributed by atoms with E-state index in [0.717, 1.165) is 30.9 Å². The highest BCUT2D eigenvalue weighted by molar-refractivity contribution is 5.81. The summed E-state index contributed by atoms with van der Waals surface area (Å²) in [5.41, 5.74) is 1.37. The summed E-state index contributed by atoms with van der Waals surface area (Å²) in [4.78, 5) is 15.4. The molecule has 0 aromatic heterocycles. The van der Waals surface area contributed by atoms with Gasteiger partial charge in [0.2, 0.25) is 0 Å². The molecule has 0 spiro atoms. The molecule has 0 saturated carbocycles. The van der Waals surface area contributed by atoms with Gasteiger partial charge in [-0.05, 0) is 43.4 Å². The fourth-order valence-electron chi connectivity index (χ4n) is 4.75. The van der Waals surface area contributed by atoms with Gasteiger partial charge in [0.25, 0.3) is 0 Å². The number of rotatable bonds is 8. The number of carbonyl (C=O) groups excluding carboxylic acids is 1. The Morgan fingerprint density at radius 1 is 1.00 bits per heavy atom. The summed E-state index contributed by atoms with van der Waals surface area (Å²) in [5.74, 6) is 2.08. The number of piperidine rings is 1. The Kier molecular flexibility index (Phi) is 5.96. The number of hydrogen-bond donors (Lipinski definition) is 0. The van der Waals surface area contributed by atoms with Crippen molar-refractivity contribution < 1.29 is 14.3 Å². The summed E-state index contributed by atoms with van der Waals surface area (Å²) in [7, 11) is 1.64. The summed E-state index contributed by atoms with van der Waals surface area (Å²) >= 11 is 0. The van der Waals surface area contributed by atoms with Gasteiger partial charge in [-0.1, -0.05) is 36.4 Å². The van der Waals surface area contributed by atoms with Gasteiger partial charge < -0.3 is 9.47 Å². The second-order valence-corrected chi connectivity index (χ2v) is 7.96. The molecule has 4 nitrogen and oxygen atoms in total. The van der Waals surface area contributed by atoms with Crippen LogP contribution < -0.4 is 9.47 Å². The van der Waals surface area contributed by atoms with E-state index < -0.39 is 0 Å². The maximum Gasteiger partial charge on any atom is 0.139 e. The molecule has 0 amide bonds. The molecule has 2 aliphatic rings. The van der Waals surface area contributed by atoms with Crippen molar-refractivity contribution in [2.24, 2.45) is 5.92 Å². The van der Waals surface area contributed by atoms with Gasteiger partial charge >= 0.3 is 0 Å². The molecule has 2 fully saturated rings. The molecular formula is C24H29NO3. The fraction of sp³-hybridized carbons (Fsp3) is 0.458. The first-order valence-corrected chi connectivity index (χ1v) is 10.3. The average molecular weight is 380 g/mol. The lowest BCUT2D eigenvalue weighted by Gasteiger charge is -2.38. The molecule has 0 radical (unpaired) electrons. The van der Waals surface area contributed by atoms with Crippen LogP contribution in [-0.4, -0.2) is 36.5 Å². The molecule has 2 aliphatic heterocycles. The predicted molar refractivity (Wildman–Crippen MR) is 110 cm³/mol. The van der Waals surface area contributed by atoms with Crippen molar-refractivity contribution in [2.75, 3.05) is 13.7 Å². The number of methoxy groups -OCH3 is 1. The summed E-state index contributed by atoms with van der Waals surface area (Å²) in [6, 6.07) is 19.3. The predicted octanol–water partition coefficient (Wildman–Crippen LogP) is 4.48. The number of ether oxygens (including phenoxy) is 2. The van der Waals surface area contributed by atoms with Gasteiger partial charge in [0.1, 0.15) is 17.3 Å². The lowest BCUT2D eigenvalue weighted by Crippen LogP contribution is -2.44. The van der Waals surface area contributed by atoms with Crippen LogP contribution in [0.2, 0.25) is 0 Å².